The van der Waals surface area contributed by atoms with E-state index in [1.165, 1.54) is 0 Å². The summed E-state index contributed by atoms with van der Waals surface area (Å²) >= 11 is 1.85. The summed E-state index contributed by atoms with van der Waals surface area (Å²) in [4.78, 5) is 10.6. The highest BCUT2D eigenvalue weighted by molar-refractivity contribution is 7.98. The smallest absolute Gasteiger partial charge is 0.224 e. The lowest BCUT2D eigenvalue weighted by Gasteiger charge is -2.26. The molecule has 3 N–H and O–H groups in total. The van der Waals surface area contributed by atoms with Gasteiger partial charge in [-0.25, -0.2) is 0 Å². The van der Waals surface area contributed by atoms with E-state index >= 15 is 0 Å². The van der Waals surface area contributed by atoms with Crippen molar-refractivity contribution >= 4 is 34.6 Å². The number of anilines is 2. The van der Waals surface area contributed by atoms with E-state index in [0.717, 1.165) is 23.4 Å². The summed E-state index contributed by atoms with van der Waals surface area (Å²) in [5, 5.41) is 7.72. The average molecular weight is 266 g/mol. The monoisotopic (exact) mass is 266 g/mol. The van der Waals surface area contributed by atoms with Gasteiger partial charge in [0.25, 0.3) is 0 Å². The number of fused-ring (bicyclic) bond motifs is 1. The van der Waals surface area contributed by atoms with E-state index in [4.69, 9.17) is 5.73 Å². The highest BCUT2D eigenvalue weighted by atomic mass is 32.2. The van der Waals surface area contributed by atoms with Crippen molar-refractivity contribution in [2.75, 3.05) is 29.7 Å². The molecule has 2 heterocycles. The number of hydrogen-bond acceptors (Lipinski definition) is 6. The van der Waals surface area contributed by atoms with Gasteiger partial charge in [0, 0.05) is 13.1 Å². The summed E-state index contributed by atoms with van der Waals surface area (Å²) in [6, 6.07) is 0.393. The molecule has 7 heteroatoms. The number of nitrogens with one attached hydrogen (secondary N) is 1. The Morgan fingerprint density at radius 1 is 1.50 bits per heavy atom. The van der Waals surface area contributed by atoms with E-state index in [2.05, 4.69) is 38.2 Å². The van der Waals surface area contributed by atoms with Crippen LogP contribution in [0.25, 0.3) is 11.0 Å². The van der Waals surface area contributed by atoms with Gasteiger partial charge in [-0.1, -0.05) is 0 Å². The maximum absolute atomic E-state index is 5.72. The molecule has 2 aromatic rings. The first kappa shape index (κ1) is 12.9. The van der Waals surface area contributed by atoms with Gasteiger partial charge >= 0.3 is 0 Å². The molecule has 0 aliphatic rings. The van der Waals surface area contributed by atoms with E-state index in [9.17, 15) is 0 Å². The number of rotatable bonds is 5. The molecular formula is C11H18N6S. The fourth-order valence-electron chi connectivity index (χ4n) is 1.80. The Morgan fingerprint density at radius 3 is 3.00 bits per heavy atom. The first-order valence-electron chi connectivity index (χ1n) is 5.82. The number of aromatic nitrogens is 4. The van der Waals surface area contributed by atoms with Crippen molar-refractivity contribution in [2.45, 2.75) is 19.4 Å². The molecule has 0 saturated carbocycles. The van der Waals surface area contributed by atoms with Crippen LogP contribution in [0.4, 0.5) is 11.8 Å². The van der Waals surface area contributed by atoms with Gasteiger partial charge in [0.2, 0.25) is 5.95 Å². The number of aromatic amines is 1. The van der Waals surface area contributed by atoms with Crippen molar-refractivity contribution in [2.24, 2.45) is 0 Å². The largest absolute Gasteiger partial charge is 0.368 e. The van der Waals surface area contributed by atoms with Crippen LogP contribution in [0.3, 0.4) is 0 Å². The van der Waals surface area contributed by atoms with Gasteiger partial charge in [0.05, 0.1) is 11.6 Å². The first-order chi connectivity index (χ1) is 8.63. The number of nitrogens with two attached hydrogens (primary N) is 1. The third-order valence-corrected chi connectivity index (χ3v) is 3.69. The first-order valence-corrected chi connectivity index (χ1v) is 7.21. The molecule has 98 valence electrons. The van der Waals surface area contributed by atoms with Crippen LogP contribution in [0, 0.1) is 0 Å². The number of nitrogen functional groups attached to an aromatic ring is 1. The molecule has 18 heavy (non-hydrogen) atoms. The van der Waals surface area contributed by atoms with Crippen LogP contribution >= 0.6 is 11.8 Å². The van der Waals surface area contributed by atoms with Crippen molar-refractivity contribution in [3.63, 3.8) is 0 Å². The zero-order valence-corrected chi connectivity index (χ0v) is 11.7. The molecular weight excluding hydrogens is 248 g/mol. The topological polar surface area (TPSA) is 83.7 Å². The quantitative estimate of drug-likeness (QED) is 0.853. The highest BCUT2D eigenvalue weighted by Gasteiger charge is 2.16. The molecule has 0 fully saturated rings. The Hall–Kier alpha value is -1.50. The second-order valence-electron chi connectivity index (χ2n) is 4.28. The predicted octanol–water partition coefficient (Wildman–Crippen LogP) is 1.51. The van der Waals surface area contributed by atoms with E-state index in [1.54, 1.807) is 6.20 Å². The van der Waals surface area contributed by atoms with Crippen LogP contribution in [0.5, 0.6) is 0 Å². The molecule has 6 nitrogen and oxygen atoms in total. The number of hydrogen-bond donors (Lipinski definition) is 2. The molecule has 1 atom stereocenters. The molecule has 1 unspecified atom stereocenters. The fourth-order valence-corrected chi connectivity index (χ4v) is 2.37. The zero-order chi connectivity index (χ0) is 13.1. The molecule has 0 aliphatic heterocycles. The zero-order valence-electron chi connectivity index (χ0n) is 10.8. The predicted molar refractivity (Wildman–Crippen MR) is 77.0 cm³/mol. The SMILES string of the molecule is CSCCC(C)N(C)c1nc(N)nc2[nH]ncc12. The maximum atomic E-state index is 5.72. The molecule has 0 aromatic carbocycles. The van der Waals surface area contributed by atoms with Crippen molar-refractivity contribution in [1.29, 1.82) is 0 Å². The van der Waals surface area contributed by atoms with Gasteiger partial charge < -0.3 is 10.6 Å². The third kappa shape index (κ3) is 2.50. The van der Waals surface area contributed by atoms with Crippen molar-refractivity contribution in [3.8, 4) is 0 Å². The number of H-pyrrole nitrogens is 1. The minimum Gasteiger partial charge on any atom is -0.368 e. The molecule has 2 rings (SSSR count). The Bertz CT molecular complexity index is 525. The van der Waals surface area contributed by atoms with Gasteiger partial charge in [-0.05, 0) is 25.4 Å². The van der Waals surface area contributed by atoms with E-state index in [1.807, 2.05) is 18.8 Å². The maximum Gasteiger partial charge on any atom is 0.224 e. The van der Waals surface area contributed by atoms with E-state index in [0.29, 0.717) is 11.7 Å². The van der Waals surface area contributed by atoms with Crippen molar-refractivity contribution < 1.29 is 0 Å². The Morgan fingerprint density at radius 2 is 2.28 bits per heavy atom. The van der Waals surface area contributed by atoms with Gasteiger partial charge in [0.15, 0.2) is 5.65 Å². The average Bonchev–Trinajstić information content (AvgIpc) is 2.81. The summed E-state index contributed by atoms with van der Waals surface area (Å²) in [5.41, 5.74) is 6.40. The summed E-state index contributed by atoms with van der Waals surface area (Å²) in [6.45, 7) is 2.18. The van der Waals surface area contributed by atoms with Crippen molar-refractivity contribution in [1.82, 2.24) is 20.2 Å². The Labute approximate surface area is 110 Å². The van der Waals surface area contributed by atoms with Crippen LogP contribution in [0.2, 0.25) is 0 Å². The van der Waals surface area contributed by atoms with Gasteiger partial charge in [-0.3, -0.25) is 5.10 Å². The summed E-state index contributed by atoms with van der Waals surface area (Å²) in [5.74, 6) is 2.23. The lowest BCUT2D eigenvalue weighted by Crippen LogP contribution is -2.30. The lowest BCUT2D eigenvalue weighted by molar-refractivity contribution is 0.664. The summed E-state index contributed by atoms with van der Waals surface area (Å²) < 4.78 is 0. The normalized spacial score (nSPS) is 12.8. The Balaban J connectivity index is 2.31. The minimum atomic E-state index is 0.269. The van der Waals surface area contributed by atoms with Crippen LogP contribution in [0.1, 0.15) is 13.3 Å². The van der Waals surface area contributed by atoms with Crippen LogP contribution in [0.15, 0.2) is 6.20 Å². The minimum absolute atomic E-state index is 0.269. The molecule has 0 aliphatic carbocycles. The second kappa shape index (κ2) is 5.43. The second-order valence-corrected chi connectivity index (χ2v) is 5.26. The Kier molecular flexibility index (Phi) is 3.90. The molecule has 0 amide bonds. The summed E-state index contributed by atoms with van der Waals surface area (Å²) in [7, 11) is 2.03. The standard InChI is InChI=1S/C11H18N6S/c1-7(4-5-18-3)17(2)10-8-6-13-16-9(8)14-11(12)15-10/h6-7H,4-5H2,1-3H3,(H3,12,13,14,15,16). The van der Waals surface area contributed by atoms with Gasteiger partial charge in [0.1, 0.15) is 5.82 Å². The van der Waals surface area contributed by atoms with Crippen LogP contribution in [-0.4, -0.2) is 45.3 Å². The van der Waals surface area contributed by atoms with Gasteiger partial charge in [-0.2, -0.15) is 26.8 Å². The van der Waals surface area contributed by atoms with Crippen LogP contribution < -0.4 is 10.6 Å². The lowest BCUT2D eigenvalue weighted by atomic mass is 10.2. The molecule has 0 saturated heterocycles. The molecule has 0 bridgehead atoms. The molecule has 0 radical (unpaired) electrons. The third-order valence-electron chi connectivity index (χ3n) is 3.04. The fraction of sp³-hybridized carbons (Fsp3) is 0.545. The summed E-state index contributed by atoms with van der Waals surface area (Å²) in [6.07, 6.45) is 4.95. The molecule has 0 spiro atoms. The number of nitrogens with zero attached hydrogens (tertiary/aromatic N) is 4. The van der Waals surface area contributed by atoms with Gasteiger partial charge in [-0.15, -0.1) is 0 Å². The number of thioether (sulfide) groups is 1. The van der Waals surface area contributed by atoms with Crippen molar-refractivity contribution in [3.05, 3.63) is 6.20 Å². The molecule has 2 aromatic heterocycles. The van der Waals surface area contributed by atoms with E-state index < -0.39 is 0 Å². The van der Waals surface area contributed by atoms with E-state index in [-0.39, 0.29) is 5.95 Å². The van der Waals surface area contributed by atoms with Crippen LogP contribution in [-0.2, 0) is 0 Å². The highest BCUT2D eigenvalue weighted by Crippen LogP contribution is 2.24.